The van der Waals surface area contributed by atoms with Crippen LogP contribution in [0.3, 0.4) is 0 Å². The highest BCUT2D eigenvalue weighted by Gasteiger charge is 2.34. The Labute approximate surface area is 184 Å². The number of nitrogens with zero attached hydrogens (tertiary/aromatic N) is 2. The van der Waals surface area contributed by atoms with Crippen LogP contribution in [0, 0.1) is 10.1 Å². The van der Waals surface area contributed by atoms with Gasteiger partial charge in [-0.2, -0.15) is 0 Å². The van der Waals surface area contributed by atoms with E-state index in [1.165, 1.54) is 41.3 Å². The number of nitro benzene ring substituents is 1. The number of carbonyl (C=O) groups is 3. The summed E-state index contributed by atoms with van der Waals surface area (Å²) in [5.41, 5.74) is 0.544. The standard InChI is InChI=1S/C20H24N4O6S/c1-2-3-12-30-18(26)13-16-19(27)21-10-11-23(16)20(31)22-17(25)9-6-14-4-7-15(8-5-14)24(28)29/h4-9,16H,2-3,10-13H2,1H3,(H,21,27)(H,22,25,31)/b9-6+. The number of hydrogen-bond acceptors (Lipinski definition) is 7. The summed E-state index contributed by atoms with van der Waals surface area (Å²) in [7, 11) is 0. The van der Waals surface area contributed by atoms with Gasteiger partial charge in [0.25, 0.3) is 5.69 Å². The highest BCUT2D eigenvalue weighted by molar-refractivity contribution is 7.80. The fourth-order valence-electron chi connectivity index (χ4n) is 2.81. The van der Waals surface area contributed by atoms with Gasteiger partial charge in [-0.05, 0) is 42.4 Å². The van der Waals surface area contributed by atoms with Crippen LogP contribution in [0.4, 0.5) is 5.69 Å². The molecule has 1 fully saturated rings. The molecule has 0 spiro atoms. The molecule has 31 heavy (non-hydrogen) atoms. The monoisotopic (exact) mass is 448 g/mol. The van der Waals surface area contributed by atoms with E-state index in [-0.39, 0.29) is 29.7 Å². The van der Waals surface area contributed by atoms with E-state index in [2.05, 4.69) is 10.6 Å². The van der Waals surface area contributed by atoms with Crippen LogP contribution in [-0.2, 0) is 19.1 Å². The summed E-state index contributed by atoms with van der Waals surface area (Å²) in [4.78, 5) is 48.2. The van der Waals surface area contributed by atoms with Crippen molar-refractivity contribution in [2.45, 2.75) is 32.2 Å². The Bertz CT molecular complexity index is 871. The molecule has 1 aromatic carbocycles. The summed E-state index contributed by atoms with van der Waals surface area (Å²) in [5.74, 6) is -1.40. The third-order valence-electron chi connectivity index (χ3n) is 4.47. The fraction of sp³-hybridized carbons (Fsp3) is 0.400. The first-order valence-electron chi connectivity index (χ1n) is 9.79. The summed E-state index contributed by atoms with van der Waals surface area (Å²) in [6, 6.07) is 4.82. The molecule has 1 aliphatic rings. The fourth-order valence-corrected chi connectivity index (χ4v) is 3.12. The maximum absolute atomic E-state index is 12.3. The zero-order chi connectivity index (χ0) is 22.8. The van der Waals surface area contributed by atoms with Gasteiger partial charge in [-0.15, -0.1) is 0 Å². The Hall–Kier alpha value is -3.34. The first-order chi connectivity index (χ1) is 14.8. The normalized spacial score (nSPS) is 16.0. The first kappa shape index (κ1) is 23.9. The van der Waals surface area contributed by atoms with E-state index in [0.717, 1.165) is 12.8 Å². The van der Waals surface area contributed by atoms with Gasteiger partial charge >= 0.3 is 5.97 Å². The summed E-state index contributed by atoms with van der Waals surface area (Å²) >= 11 is 5.27. The summed E-state index contributed by atoms with van der Waals surface area (Å²) in [6.07, 6.45) is 4.15. The number of unbranched alkanes of at least 4 members (excludes halogenated alkanes) is 1. The number of nitrogens with one attached hydrogen (secondary N) is 2. The lowest BCUT2D eigenvalue weighted by Gasteiger charge is -2.36. The number of ether oxygens (including phenoxy) is 1. The highest BCUT2D eigenvalue weighted by atomic mass is 32.1. The van der Waals surface area contributed by atoms with Crippen molar-refractivity contribution < 1.29 is 24.0 Å². The Morgan fingerprint density at radius 1 is 1.39 bits per heavy atom. The van der Waals surface area contributed by atoms with Crippen molar-refractivity contribution in [2.75, 3.05) is 19.7 Å². The largest absolute Gasteiger partial charge is 0.466 e. The predicted octanol–water partition coefficient (Wildman–Crippen LogP) is 1.54. The van der Waals surface area contributed by atoms with Gasteiger partial charge in [-0.1, -0.05) is 13.3 Å². The van der Waals surface area contributed by atoms with E-state index in [0.29, 0.717) is 18.7 Å². The Balaban J connectivity index is 1.95. The second kappa shape index (κ2) is 11.7. The number of thiocarbonyl (C=S) groups is 1. The molecule has 0 aliphatic carbocycles. The minimum atomic E-state index is -0.866. The molecule has 1 saturated heterocycles. The van der Waals surface area contributed by atoms with Crippen molar-refractivity contribution in [2.24, 2.45) is 0 Å². The van der Waals surface area contributed by atoms with Gasteiger partial charge in [-0.25, -0.2) is 0 Å². The minimum Gasteiger partial charge on any atom is -0.466 e. The average molecular weight is 449 g/mol. The molecule has 11 heteroatoms. The molecule has 1 atom stereocenters. The summed E-state index contributed by atoms with van der Waals surface area (Å²) in [5, 5.41) is 15.9. The number of piperazine rings is 1. The van der Waals surface area contributed by atoms with Crippen molar-refractivity contribution >= 4 is 46.9 Å². The van der Waals surface area contributed by atoms with Gasteiger partial charge in [0.1, 0.15) is 6.04 Å². The van der Waals surface area contributed by atoms with Crippen LogP contribution in [0.15, 0.2) is 30.3 Å². The van der Waals surface area contributed by atoms with Gasteiger partial charge < -0.3 is 15.0 Å². The van der Waals surface area contributed by atoms with E-state index in [1.54, 1.807) is 0 Å². The highest BCUT2D eigenvalue weighted by Crippen LogP contribution is 2.13. The van der Waals surface area contributed by atoms with Crippen LogP contribution < -0.4 is 10.6 Å². The molecule has 2 N–H and O–H groups in total. The Kier molecular flexibility index (Phi) is 9.07. The number of benzene rings is 1. The van der Waals surface area contributed by atoms with Crippen LogP contribution in [0.5, 0.6) is 0 Å². The first-order valence-corrected chi connectivity index (χ1v) is 10.2. The van der Waals surface area contributed by atoms with Crippen LogP contribution >= 0.6 is 12.2 Å². The molecule has 0 radical (unpaired) electrons. The quantitative estimate of drug-likeness (QED) is 0.153. The van der Waals surface area contributed by atoms with E-state index in [4.69, 9.17) is 17.0 Å². The van der Waals surface area contributed by atoms with Crippen molar-refractivity contribution in [1.82, 2.24) is 15.5 Å². The van der Waals surface area contributed by atoms with Crippen LogP contribution in [0.25, 0.3) is 6.08 Å². The second-order valence-electron chi connectivity index (χ2n) is 6.75. The SMILES string of the molecule is CCCCOC(=O)CC1C(=O)NCCN1C(=S)NC(=O)/C=C/c1ccc([N+](=O)[O-])cc1. The maximum Gasteiger partial charge on any atom is 0.308 e. The number of esters is 1. The summed E-state index contributed by atoms with van der Waals surface area (Å²) in [6.45, 7) is 2.93. The van der Waals surface area contributed by atoms with E-state index < -0.39 is 22.8 Å². The molecule has 0 bridgehead atoms. The molecular weight excluding hydrogens is 424 g/mol. The maximum atomic E-state index is 12.3. The van der Waals surface area contributed by atoms with Crippen LogP contribution in [0.1, 0.15) is 31.7 Å². The third-order valence-corrected chi connectivity index (χ3v) is 4.81. The van der Waals surface area contributed by atoms with Gasteiger partial charge in [0.2, 0.25) is 11.8 Å². The number of non-ortho nitro benzene ring substituents is 1. The van der Waals surface area contributed by atoms with Crippen molar-refractivity contribution in [3.63, 3.8) is 0 Å². The van der Waals surface area contributed by atoms with Gasteiger partial charge in [0.05, 0.1) is 18.0 Å². The molecule has 166 valence electrons. The molecule has 1 aliphatic heterocycles. The number of carbonyl (C=O) groups excluding carboxylic acids is 3. The molecule has 1 aromatic rings. The van der Waals surface area contributed by atoms with Crippen molar-refractivity contribution in [3.05, 3.63) is 46.0 Å². The lowest BCUT2D eigenvalue weighted by molar-refractivity contribution is -0.384. The van der Waals surface area contributed by atoms with Crippen LogP contribution in [-0.4, -0.2) is 58.5 Å². The number of nitro groups is 1. The van der Waals surface area contributed by atoms with Gasteiger partial charge in [0, 0.05) is 31.3 Å². The van der Waals surface area contributed by atoms with Gasteiger partial charge in [-0.3, -0.25) is 29.8 Å². The Morgan fingerprint density at radius 3 is 2.74 bits per heavy atom. The topological polar surface area (TPSA) is 131 Å². The molecular formula is C20H24N4O6S. The van der Waals surface area contributed by atoms with E-state index in [1.807, 2.05) is 6.92 Å². The number of hydrogen-bond donors (Lipinski definition) is 2. The van der Waals surface area contributed by atoms with E-state index >= 15 is 0 Å². The Morgan fingerprint density at radius 2 is 2.10 bits per heavy atom. The molecule has 2 rings (SSSR count). The van der Waals surface area contributed by atoms with Crippen LogP contribution in [0.2, 0.25) is 0 Å². The molecule has 2 amide bonds. The molecule has 1 unspecified atom stereocenters. The number of rotatable bonds is 8. The molecule has 1 heterocycles. The lowest BCUT2D eigenvalue weighted by Crippen LogP contribution is -2.60. The van der Waals surface area contributed by atoms with E-state index in [9.17, 15) is 24.5 Å². The molecule has 0 aromatic heterocycles. The predicted molar refractivity (Wildman–Crippen MR) is 117 cm³/mol. The average Bonchev–Trinajstić information content (AvgIpc) is 2.74. The number of amides is 2. The zero-order valence-corrected chi connectivity index (χ0v) is 17.9. The second-order valence-corrected chi connectivity index (χ2v) is 7.14. The molecule has 0 saturated carbocycles. The van der Waals surface area contributed by atoms with Crippen molar-refractivity contribution in [1.29, 1.82) is 0 Å². The zero-order valence-electron chi connectivity index (χ0n) is 17.0. The smallest absolute Gasteiger partial charge is 0.308 e. The lowest BCUT2D eigenvalue weighted by atomic mass is 10.1. The van der Waals surface area contributed by atoms with Gasteiger partial charge in [0.15, 0.2) is 5.11 Å². The third kappa shape index (κ3) is 7.45. The van der Waals surface area contributed by atoms with Crippen molar-refractivity contribution in [3.8, 4) is 0 Å². The molecule has 10 nitrogen and oxygen atoms in total. The minimum absolute atomic E-state index is 0.0274. The summed E-state index contributed by atoms with van der Waals surface area (Å²) < 4.78 is 5.12.